The summed E-state index contributed by atoms with van der Waals surface area (Å²) in [5.41, 5.74) is 7.10. The lowest BCUT2D eigenvalue weighted by Crippen LogP contribution is -2.20. The highest BCUT2D eigenvalue weighted by atomic mass is 35.5. The number of carbonyl (C=O) groups is 1. The Bertz CT molecular complexity index is 363. The molecule has 0 heterocycles. The average molecular weight is 214 g/mol. The largest absolute Gasteiger partial charge is 0.482 e. The molecule has 1 aromatic carbocycles. The Labute approximate surface area is 87.8 Å². The van der Waals surface area contributed by atoms with Crippen LogP contribution in [-0.4, -0.2) is 12.5 Å². The predicted octanol–water partition coefficient (Wildman–Crippen LogP) is 1.82. The molecule has 0 saturated carbocycles. The fourth-order valence-electron chi connectivity index (χ4n) is 1.01. The topological polar surface area (TPSA) is 52.3 Å². The summed E-state index contributed by atoms with van der Waals surface area (Å²) < 4.78 is 5.13. The first kappa shape index (κ1) is 10.9. The number of amides is 1. The van der Waals surface area contributed by atoms with Gasteiger partial charge < -0.3 is 10.5 Å². The molecule has 0 bridgehead atoms. The fraction of sp³-hybridized carbons (Fsp3) is 0.300. The summed E-state index contributed by atoms with van der Waals surface area (Å²) in [6.45, 7) is 3.75. The molecule has 14 heavy (non-hydrogen) atoms. The van der Waals surface area contributed by atoms with Crippen molar-refractivity contribution in [3.05, 3.63) is 28.3 Å². The van der Waals surface area contributed by atoms with Crippen molar-refractivity contribution in [2.24, 2.45) is 5.73 Å². The van der Waals surface area contributed by atoms with Gasteiger partial charge in [0.15, 0.2) is 6.61 Å². The summed E-state index contributed by atoms with van der Waals surface area (Å²) in [4.78, 5) is 10.5. The third-order valence-corrected chi connectivity index (χ3v) is 2.21. The van der Waals surface area contributed by atoms with Crippen LogP contribution in [0.1, 0.15) is 11.1 Å². The van der Waals surface area contributed by atoms with E-state index in [0.29, 0.717) is 10.8 Å². The van der Waals surface area contributed by atoms with Gasteiger partial charge in [-0.15, -0.1) is 0 Å². The summed E-state index contributed by atoms with van der Waals surface area (Å²) in [6, 6.07) is 3.59. The molecule has 76 valence electrons. The van der Waals surface area contributed by atoms with E-state index in [9.17, 15) is 4.79 Å². The highest BCUT2D eigenvalue weighted by Gasteiger charge is 2.05. The molecule has 3 nitrogen and oxygen atoms in total. The molecule has 0 radical (unpaired) electrons. The van der Waals surface area contributed by atoms with Crippen molar-refractivity contribution in [1.82, 2.24) is 0 Å². The van der Waals surface area contributed by atoms with Crippen molar-refractivity contribution in [3.8, 4) is 5.75 Å². The van der Waals surface area contributed by atoms with Crippen LogP contribution >= 0.6 is 11.6 Å². The van der Waals surface area contributed by atoms with E-state index in [0.717, 1.165) is 11.1 Å². The fourth-order valence-corrected chi connectivity index (χ4v) is 1.29. The third-order valence-electron chi connectivity index (χ3n) is 1.92. The van der Waals surface area contributed by atoms with E-state index >= 15 is 0 Å². The Kier molecular flexibility index (Phi) is 3.36. The van der Waals surface area contributed by atoms with E-state index in [4.69, 9.17) is 22.1 Å². The van der Waals surface area contributed by atoms with Crippen LogP contribution in [0.4, 0.5) is 0 Å². The zero-order chi connectivity index (χ0) is 10.7. The Hall–Kier alpha value is -1.22. The molecule has 2 N–H and O–H groups in total. The second kappa shape index (κ2) is 4.33. The van der Waals surface area contributed by atoms with Crippen molar-refractivity contribution in [1.29, 1.82) is 0 Å². The number of hydrogen-bond acceptors (Lipinski definition) is 2. The van der Waals surface area contributed by atoms with Gasteiger partial charge in [0.1, 0.15) is 5.75 Å². The van der Waals surface area contributed by atoms with Crippen LogP contribution in [0.5, 0.6) is 5.75 Å². The first-order valence-corrected chi connectivity index (χ1v) is 4.56. The van der Waals surface area contributed by atoms with Crippen LogP contribution in [0.25, 0.3) is 0 Å². The number of halogens is 1. The van der Waals surface area contributed by atoms with Gasteiger partial charge in [-0.1, -0.05) is 11.6 Å². The SMILES string of the molecule is Cc1cc(Cl)c(OCC(N)=O)cc1C. The van der Waals surface area contributed by atoms with Crippen molar-refractivity contribution in [2.45, 2.75) is 13.8 Å². The lowest BCUT2D eigenvalue weighted by molar-refractivity contribution is -0.119. The van der Waals surface area contributed by atoms with E-state index in [1.165, 1.54) is 0 Å². The van der Waals surface area contributed by atoms with Gasteiger partial charge in [0.25, 0.3) is 5.91 Å². The maximum atomic E-state index is 10.5. The molecule has 0 aliphatic rings. The Morgan fingerprint density at radius 1 is 1.43 bits per heavy atom. The lowest BCUT2D eigenvalue weighted by Gasteiger charge is -2.08. The van der Waals surface area contributed by atoms with Gasteiger partial charge in [-0.25, -0.2) is 0 Å². The first-order valence-electron chi connectivity index (χ1n) is 4.18. The monoisotopic (exact) mass is 213 g/mol. The second-order valence-corrected chi connectivity index (χ2v) is 3.53. The summed E-state index contributed by atoms with van der Waals surface area (Å²) in [6.07, 6.45) is 0. The molecule has 0 unspecified atom stereocenters. The number of nitrogens with two attached hydrogens (primary N) is 1. The highest BCUT2D eigenvalue weighted by Crippen LogP contribution is 2.27. The molecule has 1 rings (SSSR count). The molecule has 0 aromatic heterocycles. The molecule has 0 fully saturated rings. The third kappa shape index (κ3) is 2.64. The summed E-state index contributed by atoms with van der Waals surface area (Å²) >= 11 is 5.91. The van der Waals surface area contributed by atoms with Crippen molar-refractivity contribution < 1.29 is 9.53 Å². The maximum absolute atomic E-state index is 10.5. The van der Waals surface area contributed by atoms with E-state index < -0.39 is 5.91 Å². The van der Waals surface area contributed by atoms with Gasteiger partial charge in [-0.3, -0.25) is 4.79 Å². The number of rotatable bonds is 3. The lowest BCUT2D eigenvalue weighted by atomic mass is 10.1. The molecule has 0 saturated heterocycles. The van der Waals surface area contributed by atoms with Crippen LogP contribution in [0.3, 0.4) is 0 Å². The van der Waals surface area contributed by atoms with Gasteiger partial charge >= 0.3 is 0 Å². The van der Waals surface area contributed by atoms with Crippen LogP contribution in [0.15, 0.2) is 12.1 Å². The number of primary amides is 1. The molecule has 4 heteroatoms. The highest BCUT2D eigenvalue weighted by molar-refractivity contribution is 6.32. The molecule has 1 aromatic rings. The molecular formula is C10H12ClNO2. The molecule has 0 spiro atoms. The van der Waals surface area contributed by atoms with Crippen LogP contribution in [0.2, 0.25) is 5.02 Å². The number of carbonyl (C=O) groups excluding carboxylic acids is 1. The van der Waals surface area contributed by atoms with Crippen LogP contribution < -0.4 is 10.5 Å². The summed E-state index contributed by atoms with van der Waals surface area (Å²) in [5.74, 6) is -0.0205. The molecule has 0 atom stereocenters. The van der Waals surface area contributed by atoms with Crippen LogP contribution in [0, 0.1) is 13.8 Å². The van der Waals surface area contributed by atoms with Gasteiger partial charge in [0, 0.05) is 0 Å². The van der Waals surface area contributed by atoms with Gasteiger partial charge in [0.2, 0.25) is 0 Å². The number of aryl methyl sites for hydroxylation is 2. The standard InChI is InChI=1S/C10H12ClNO2/c1-6-3-8(11)9(4-7(6)2)14-5-10(12)13/h3-4H,5H2,1-2H3,(H2,12,13). The summed E-state index contributed by atoms with van der Waals surface area (Å²) in [5, 5.41) is 0.495. The van der Waals surface area contributed by atoms with E-state index in [-0.39, 0.29) is 6.61 Å². The first-order chi connectivity index (χ1) is 6.50. The van der Waals surface area contributed by atoms with Crippen molar-refractivity contribution >= 4 is 17.5 Å². The Balaban J connectivity index is 2.87. The molecule has 0 aliphatic heterocycles. The van der Waals surface area contributed by atoms with Gasteiger partial charge in [-0.2, -0.15) is 0 Å². The number of hydrogen-bond donors (Lipinski definition) is 1. The number of benzene rings is 1. The van der Waals surface area contributed by atoms with Gasteiger partial charge in [0.05, 0.1) is 5.02 Å². The smallest absolute Gasteiger partial charge is 0.255 e. The van der Waals surface area contributed by atoms with E-state index in [2.05, 4.69) is 0 Å². The second-order valence-electron chi connectivity index (χ2n) is 3.12. The normalized spacial score (nSPS) is 9.93. The van der Waals surface area contributed by atoms with Gasteiger partial charge in [-0.05, 0) is 37.1 Å². The Morgan fingerprint density at radius 3 is 2.57 bits per heavy atom. The minimum absolute atomic E-state index is 0.151. The Morgan fingerprint density at radius 2 is 2.00 bits per heavy atom. The summed E-state index contributed by atoms with van der Waals surface area (Å²) in [7, 11) is 0. The van der Waals surface area contributed by atoms with Crippen LogP contribution in [-0.2, 0) is 4.79 Å². The van der Waals surface area contributed by atoms with Crippen molar-refractivity contribution in [2.75, 3.05) is 6.61 Å². The number of ether oxygens (including phenoxy) is 1. The molecular weight excluding hydrogens is 202 g/mol. The quantitative estimate of drug-likeness (QED) is 0.833. The maximum Gasteiger partial charge on any atom is 0.255 e. The predicted molar refractivity (Wildman–Crippen MR) is 55.6 cm³/mol. The minimum Gasteiger partial charge on any atom is -0.482 e. The zero-order valence-corrected chi connectivity index (χ0v) is 8.89. The van der Waals surface area contributed by atoms with E-state index in [1.54, 1.807) is 12.1 Å². The minimum atomic E-state index is -0.515. The zero-order valence-electron chi connectivity index (χ0n) is 8.13. The van der Waals surface area contributed by atoms with Crippen molar-refractivity contribution in [3.63, 3.8) is 0 Å². The average Bonchev–Trinajstić information content (AvgIpc) is 2.09. The van der Waals surface area contributed by atoms with E-state index in [1.807, 2.05) is 13.8 Å². The molecule has 0 aliphatic carbocycles. The molecule has 1 amide bonds.